The molecule has 1 N–H and O–H groups in total. The number of nitriles is 1. The van der Waals surface area contributed by atoms with Crippen molar-refractivity contribution in [2.75, 3.05) is 7.11 Å². The van der Waals surface area contributed by atoms with E-state index in [1.807, 2.05) is 0 Å². The van der Waals surface area contributed by atoms with Gasteiger partial charge in [0.1, 0.15) is 28.9 Å². The van der Waals surface area contributed by atoms with Crippen molar-refractivity contribution in [1.82, 2.24) is 9.55 Å². The summed E-state index contributed by atoms with van der Waals surface area (Å²) in [6.45, 7) is 0. The first-order valence-electron chi connectivity index (χ1n) is 7.55. The molecule has 0 aliphatic carbocycles. The van der Waals surface area contributed by atoms with E-state index >= 15 is 0 Å². The molecule has 26 heavy (non-hydrogen) atoms. The number of benzene rings is 1. The number of carbonyl (C=O) groups excluding carboxylic acids is 1. The number of aromatic hydroxyl groups is 1. The number of rotatable bonds is 4. The van der Waals surface area contributed by atoms with Crippen LogP contribution in [0.1, 0.15) is 21.5 Å². The maximum absolute atomic E-state index is 12.8. The third kappa shape index (κ3) is 3.03. The molecular weight excluding hydrogens is 334 g/mol. The Kier molecular flexibility index (Phi) is 4.50. The van der Waals surface area contributed by atoms with Crippen LogP contribution in [0.4, 0.5) is 0 Å². The average Bonchev–Trinajstić information content (AvgIpc) is 2.68. The second-order valence-electron chi connectivity index (χ2n) is 5.33. The number of hydrogen-bond donors (Lipinski definition) is 1. The van der Waals surface area contributed by atoms with E-state index in [4.69, 9.17) is 4.74 Å². The van der Waals surface area contributed by atoms with Crippen molar-refractivity contribution in [2.45, 2.75) is 0 Å². The van der Waals surface area contributed by atoms with Gasteiger partial charge in [-0.15, -0.1) is 0 Å². The summed E-state index contributed by atoms with van der Waals surface area (Å²) in [5, 5.41) is 19.2. The highest BCUT2D eigenvalue weighted by molar-refractivity contribution is 6.10. The largest absolute Gasteiger partial charge is 0.507 e. The van der Waals surface area contributed by atoms with Crippen molar-refractivity contribution < 1.29 is 14.6 Å². The van der Waals surface area contributed by atoms with Crippen LogP contribution in [0, 0.1) is 11.3 Å². The first kappa shape index (κ1) is 16.9. The molecule has 0 atom stereocenters. The highest BCUT2D eigenvalue weighted by atomic mass is 16.5. The van der Waals surface area contributed by atoms with E-state index in [9.17, 15) is 20.0 Å². The van der Waals surface area contributed by atoms with Crippen molar-refractivity contribution in [3.05, 3.63) is 81.9 Å². The Hall–Kier alpha value is -3.92. The van der Waals surface area contributed by atoms with Crippen molar-refractivity contribution in [3.63, 3.8) is 0 Å². The van der Waals surface area contributed by atoms with E-state index in [1.54, 1.807) is 24.3 Å². The fourth-order valence-electron chi connectivity index (χ4n) is 2.43. The Balaban J connectivity index is 2.19. The van der Waals surface area contributed by atoms with Crippen LogP contribution in [-0.2, 0) is 0 Å². The van der Waals surface area contributed by atoms with Crippen LogP contribution in [-0.4, -0.2) is 27.6 Å². The van der Waals surface area contributed by atoms with Gasteiger partial charge in [-0.3, -0.25) is 14.2 Å². The predicted octanol–water partition coefficient (Wildman–Crippen LogP) is 2.05. The van der Waals surface area contributed by atoms with Crippen molar-refractivity contribution >= 4 is 5.78 Å². The van der Waals surface area contributed by atoms with Crippen LogP contribution in [0.3, 0.4) is 0 Å². The minimum absolute atomic E-state index is 0.000500. The van der Waals surface area contributed by atoms with Gasteiger partial charge in [0.05, 0.1) is 12.7 Å². The van der Waals surface area contributed by atoms with E-state index in [1.165, 1.54) is 43.8 Å². The van der Waals surface area contributed by atoms with Crippen molar-refractivity contribution in [1.29, 1.82) is 5.26 Å². The molecule has 0 unspecified atom stereocenters. The van der Waals surface area contributed by atoms with Crippen LogP contribution in [0.5, 0.6) is 11.5 Å². The summed E-state index contributed by atoms with van der Waals surface area (Å²) in [5.74, 6) is -0.115. The van der Waals surface area contributed by atoms with E-state index in [2.05, 4.69) is 4.98 Å². The molecule has 0 aliphatic rings. The molecule has 0 aliphatic heterocycles. The quantitative estimate of drug-likeness (QED) is 0.724. The molecule has 3 aromatic rings. The summed E-state index contributed by atoms with van der Waals surface area (Å²) in [5.41, 5.74) is -0.726. The molecule has 7 nitrogen and oxygen atoms in total. The molecule has 3 rings (SSSR count). The smallest absolute Gasteiger partial charge is 0.274 e. The maximum Gasteiger partial charge on any atom is 0.274 e. The van der Waals surface area contributed by atoms with Crippen LogP contribution < -0.4 is 10.3 Å². The Bertz CT molecular complexity index is 1080. The fraction of sp³-hybridized carbons (Fsp3) is 0.0526. The van der Waals surface area contributed by atoms with E-state index < -0.39 is 11.3 Å². The van der Waals surface area contributed by atoms with Gasteiger partial charge in [-0.1, -0.05) is 6.07 Å². The number of ether oxygens (including phenoxy) is 1. The number of phenolic OH excluding ortho intramolecular Hbond substituents is 1. The van der Waals surface area contributed by atoms with E-state index in [-0.39, 0.29) is 28.3 Å². The van der Waals surface area contributed by atoms with Gasteiger partial charge in [0.2, 0.25) is 0 Å². The molecule has 1 aromatic carbocycles. The number of aromatic nitrogens is 2. The van der Waals surface area contributed by atoms with Gasteiger partial charge in [0.15, 0.2) is 5.78 Å². The van der Waals surface area contributed by atoms with Gasteiger partial charge in [-0.25, -0.2) is 4.98 Å². The Morgan fingerprint density at radius 1 is 1.27 bits per heavy atom. The summed E-state index contributed by atoms with van der Waals surface area (Å²) in [4.78, 5) is 29.3. The van der Waals surface area contributed by atoms with Gasteiger partial charge in [0.25, 0.3) is 5.56 Å². The van der Waals surface area contributed by atoms with Gasteiger partial charge >= 0.3 is 0 Å². The molecule has 0 saturated heterocycles. The first-order chi connectivity index (χ1) is 12.5. The van der Waals surface area contributed by atoms with Gasteiger partial charge in [-0.2, -0.15) is 5.26 Å². The summed E-state index contributed by atoms with van der Waals surface area (Å²) in [6, 6.07) is 12.2. The summed E-state index contributed by atoms with van der Waals surface area (Å²) in [6.07, 6.45) is 2.79. The third-order valence-corrected chi connectivity index (χ3v) is 3.74. The zero-order valence-corrected chi connectivity index (χ0v) is 13.7. The molecule has 2 heterocycles. The number of nitrogens with zero attached hydrogens (tertiary/aromatic N) is 3. The molecule has 128 valence electrons. The minimum Gasteiger partial charge on any atom is -0.507 e. The Morgan fingerprint density at radius 2 is 2.08 bits per heavy atom. The molecular formula is C19H13N3O4. The summed E-state index contributed by atoms with van der Waals surface area (Å²) < 4.78 is 6.20. The number of ketones is 1. The predicted molar refractivity (Wildman–Crippen MR) is 92.6 cm³/mol. The molecule has 0 amide bonds. The lowest BCUT2D eigenvalue weighted by Gasteiger charge is -2.10. The Morgan fingerprint density at radius 3 is 2.73 bits per heavy atom. The van der Waals surface area contributed by atoms with Gasteiger partial charge < -0.3 is 9.84 Å². The van der Waals surface area contributed by atoms with Crippen LogP contribution in [0.15, 0.2) is 59.7 Å². The van der Waals surface area contributed by atoms with Gasteiger partial charge in [0, 0.05) is 18.0 Å². The highest BCUT2D eigenvalue weighted by Gasteiger charge is 2.18. The second kappa shape index (κ2) is 6.91. The molecule has 7 heteroatoms. The van der Waals surface area contributed by atoms with Crippen LogP contribution in [0.25, 0.3) is 5.82 Å². The monoisotopic (exact) mass is 347 g/mol. The zero-order valence-electron chi connectivity index (χ0n) is 13.7. The summed E-state index contributed by atoms with van der Waals surface area (Å²) >= 11 is 0. The lowest BCUT2D eigenvalue weighted by atomic mass is 10.0. The van der Waals surface area contributed by atoms with Crippen LogP contribution in [0.2, 0.25) is 0 Å². The SMILES string of the molecule is COc1ccc(O)c(C(=O)c2cc(C#N)c(=O)n(-c3ccccn3)c2)c1. The number of pyridine rings is 2. The number of hydrogen-bond acceptors (Lipinski definition) is 6. The summed E-state index contributed by atoms with van der Waals surface area (Å²) in [7, 11) is 1.44. The fourth-order valence-corrected chi connectivity index (χ4v) is 2.43. The normalized spacial score (nSPS) is 10.2. The van der Waals surface area contributed by atoms with E-state index in [0.717, 1.165) is 4.57 Å². The van der Waals surface area contributed by atoms with Crippen LogP contribution >= 0.6 is 0 Å². The van der Waals surface area contributed by atoms with E-state index in [0.29, 0.717) is 5.75 Å². The highest BCUT2D eigenvalue weighted by Crippen LogP contribution is 2.25. The standard InChI is InChI=1S/C19H13N3O4/c1-26-14-5-6-16(23)15(9-14)18(24)13-8-12(10-20)19(25)22(11-13)17-4-2-3-7-21-17/h2-9,11,23H,1H3. The topological polar surface area (TPSA) is 105 Å². The average molecular weight is 347 g/mol. The molecule has 0 bridgehead atoms. The second-order valence-corrected chi connectivity index (χ2v) is 5.33. The first-order valence-corrected chi connectivity index (χ1v) is 7.55. The Labute approximate surface area is 148 Å². The van der Waals surface area contributed by atoms with Gasteiger partial charge in [-0.05, 0) is 36.4 Å². The zero-order chi connectivity index (χ0) is 18.7. The van der Waals surface area contributed by atoms with Crippen molar-refractivity contribution in [3.8, 4) is 23.4 Å². The minimum atomic E-state index is -0.586. The number of methoxy groups -OCH3 is 1. The number of carbonyl (C=O) groups is 1. The number of phenols is 1. The maximum atomic E-state index is 12.8. The lowest BCUT2D eigenvalue weighted by molar-refractivity contribution is 0.103. The molecule has 0 fully saturated rings. The molecule has 0 spiro atoms. The molecule has 2 aromatic heterocycles. The third-order valence-electron chi connectivity index (χ3n) is 3.74. The molecule has 0 radical (unpaired) electrons. The van der Waals surface area contributed by atoms with Crippen molar-refractivity contribution in [2.24, 2.45) is 0 Å². The molecule has 0 saturated carbocycles. The lowest BCUT2D eigenvalue weighted by Crippen LogP contribution is -2.23.